The first-order valence-electron chi connectivity index (χ1n) is 11.4. The highest BCUT2D eigenvalue weighted by Crippen LogP contribution is 2.26. The molecule has 1 N–H and O–H groups in total. The minimum absolute atomic E-state index is 0.106. The zero-order chi connectivity index (χ0) is 24.8. The summed E-state index contributed by atoms with van der Waals surface area (Å²) in [6.07, 6.45) is -0.106. The maximum Gasteiger partial charge on any atom is 0.257 e. The first kappa shape index (κ1) is 25.5. The molecule has 34 heavy (non-hydrogen) atoms. The van der Waals surface area contributed by atoms with Crippen LogP contribution in [0.1, 0.15) is 34.6 Å². The van der Waals surface area contributed by atoms with Crippen LogP contribution in [0.3, 0.4) is 0 Å². The molecule has 2 aromatic carbocycles. The molecule has 0 unspecified atom stereocenters. The number of hydrogen-bond donors (Lipinski definition) is 1. The summed E-state index contributed by atoms with van der Waals surface area (Å²) in [5, 5.41) is 2.87. The third-order valence-corrected chi connectivity index (χ3v) is 6.37. The van der Waals surface area contributed by atoms with E-state index in [1.165, 1.54) is 0 Å². The predicted molar refractivity (Wildman–Crippen MR) is 132 cm³/mol. The summed E-state index contributed by atoms with van der Waals surface area (Å²) in [5.41, 5.74) is 1.40. The molecular formula is C26H35N3O5. The minimum Gasteiger partial charge on any atom is -0.497 e. The first-order chi connectivity index (χ1) is 16.2. The normalized spacial score (nSPS) is 22.1. The number of fused-ring (bicyclic) bond motifs is 1. The van der Waals surface area contributed by atoms with Crippen LogP contribution >= 0.6 is 0 Å². The molecule has 2 amide bonds. The molecule has 0 aliphatic carbocycles. The van der Waals surface area contributed by atoms with Crippen molar-refractivity contribution in [3.63, 3.8) is 0 Å². The number of amides is 2. The predicted octanol–water partition coefficient (Wildman–Crippen LogP) is 3.38. The van der Waals surface area contributed by atoms with Gasteiger partial charge in [0, 0.05) is 44.5 Å². The van der Waals surface area contributed by atoms with E-state index in [-0.39, 0.29) is 29.9 Å². The van der Waals surface area contributed by atoms with Crippen molar-refractivity contribution in [2.75, 3.05) is 53.3 Å². The number of rotatable bonds is 4. The van der Waals surface area contributed by atoms with Gasteiger partial charge < -0.3 is 24.4 Å². The van der Waals surface area contributed by atoms with E-state index in [1.807, 2.05) is 0 Å². The van der Waals surface area contributed by atoms with Crippen molar-refractivity contribution in [1.29, 1.82) is 0 Å². The van der Waals surface area contributed by atoms with Gasteiger partial charge in [0.25, 0.3) is 11.8 Å². The molecule has 0 bridgehead atoms. The number of hydrogen-bond acceptors (Lipinski definition) is 6. The van der Waals surface area contributed by atoms with E-state index in [9.17, 15) is 9.59 Å². The summed E-state index contributed by atoms with van der Waals surface area (Å²) in [5.74, 6) is 0.918. The van der Waals surface area contributed by atoms with Crippen LogP contribution in [0.4, 0.5) is 5.69 Å². The fourth-order valence-corrected chi connectivity index (χ4v) is 3.98. The highest BCUT2D eigenvalue weighted by atomic mass is 16.5. The number of carbonyl (C=O) groups excluding carboxylic acids is 2. The van der Waals surface area contributed by atoms with Gasteiger partial charge in [-0.2, -0.15) is 0 Å². The van der Waals surface area contributed by atoms with Crippen molar-refractivity contribution < 1.29 is 23.8 Å². The molecule has 1 heterocycles. The third kappa shape index (κ3) is 6.07. The van der Waals surface area contributed by atoms with Gasteiger partial charge in [-0.15, -0.1) is 0 Å². The molecule has 3 rings (SSSR count). The lowest BCUT2D eigenvalue weighted by atomic mass is 10.0. The number of ether oxygens (including phenoxy) is 3. The summed E-state index contributed by atoms with van der Waals surface area (Å²) in [7, 11) is 7.08. The second kappa shape index (κ2) is 11.4. The number of nitrogens with one attached hydrogen (secondary N) is 1. The molecule has 0 saturated carbocycles. The van der Waals surface area contributed by atoms with Crippen LogP contribution in [0.25, 0.3) is 0 Å². The molecule has 0 radical (unpaired) electrons. The topological polar surface area (TPSA) is 80.3 Å². The van der Waals surface area contributed by atoms with Gasteiger partial charge in [-0.05, 0) is 62.4 Å². The first-order valence-corrected chi connectivity index (χ1v) is 11.4. The highest BCUT2D eigenvalue weighted by Gasteiger charge is 2.27. The Kier molecular flexibility index (Phi) is 8.52. The maximum atomic E-state index is 13.4. The van der Waals surface area contributed by atoms with E-state index < -0.39 is 0 Å². The molecule has 8 heteroatoms. The van der Waals surface area contributed by atoms with Crippen LogP contribution < -0.4 is 14.8 Å². The van der Waals surface area contributed by atoms with Gasteiger partial charge in [0.2, 0.25) is 0 Å². The van der Waals surface area contributed by atoms with E-state index in [1.54, 1.807) is 68.6 Å². The van der Waals surface area contributed by atoms with Crippen LogP contribution in [-0.4, -0.2) is 81.8 Å². The summed E-state index contributed by atoms with van der Waals surface area (Å²) >= 11 is 0. The van der Waals surface area contributed by atoms with Gasteiger partial charge >= 0.3 is 0 Å². The monoisotopic (exact) mass is 469 g/mol. The van der Waals surface area contributed by atoms with Crippen molar-refractivity contribution in [3.8, 4) is 11.5 Å². The van der Waals surface area contributed by atoms with Gasteiger partial charge in [-0.25, -0.2) is 0 Å². The molecule has 0 saturated heterocycles. The molecule has 184 valence electrons. The molecule has 1 aliphatic heterocycles. The van der Waals surface area contributed by atoms with Crippen molar-refractivity contribution in [1.82, 2.24) is 9.80 Å². The Morgan fingerprint density at radius 1 is 1.06 bits per heavy atom. The molecule has 3 atom stereocenters. The number of anilines is 1. The second-order valence-corrected chi connectivity index (χ2v) is 8.93. The van der Waals surface area contributed by atoms with E-state index in [4.69, 9.17) is 14.2 Å². The summed E-state index contributed by atoms with van der Waals surface area (Å²) < 4.78 is 16.9. The van der Waals surface area contributed by atoms with E-state index in [0.29, 0.717) is 41.5 Å². The third-order valence-electron chi connectivity index (χ3n) is 6.37. The Morgan fingerprint density at radius 2 is 1.76 bits per heavy atom. The smallest absolute Gasteiger partial charge is 0.257 e. The van der Waals surface area contributed by atoms with Crippen molar-refractivity contribution in [2.45, 2.75) is 26.0 Å². The lowest BCUT2D eigenvalue weighted by molar-refractivity contribution is 0.0150. The van der Waals surface area contributed by atoms with Gasteiger partial charge in [-0.1, -0.05) is 6.92 Å². The van der Waals surface area contributed by atoms with Gasteiger partial charge in [0.1, 0.15) is 18.1 Å². The summed E-state index contributed by atoms with van der Waals surface area (Å²) in [4.78, 5) is 30.0. The highest BCUT2D eigenvalue weighted by molar-refractivity contribution is 6.05. The molecule has 1 aliphatic rings. The number of benzene rings is 2. The minimum atomic E-state index is -0.277. The number of nitrogens with zero attached hydrogens (tertiary/aromatic N) is 2. The van der Waals surface area contributed by atoms with E-state index in [0.717, 1.165) is 6.54 Å². The van der Waals surface area contributed by atoms with Gasteiger partial charge in [-0.3, -0.25) is 14.5 Å². The van der Waals surface area contributed by atoms with Crippen LogP contribution in [-0.2, 0) is 4.74 Å². The standard InChI is InChI=1S/C26H35N3O5/c1-17-14-28(3)18(2)16-34-23-12-9-20(13-22(23)26(31)29(4)15-24(17)33-6)27-25(30)19-7-10-21(32-5)11-8-19/h7-13,17-18,24H,14-16H2,1-6H3,(H,27,30)/t17-,18+,24-/m0/s1. The molecule has 2 aromatic rings. The van der Waals surface area contributed by atoms with E-state index >= 15 is 0 Å². The number of likely N-dealkylation sites (N-methyl/N-ethyl adjacent to an activating group) is 2. The van der Waals surface area contributed by atoms with Crippen LogP contribution in [0.15, 0.2) is 42.5 Å². The Hall–Kier alpha value is -3.10. The second-order valence-electron chi connectivity index (χ2n) is 8.93. The largest absolute Gasteiger partial charge is 0.497 e. The average molecular weight is 470 g/mol. The molecule has 0 fully saturated rings. The number of methoxy groups -OCH3 is 2. The Morgan fingerprint density at radius 3 is 2.41 bits per heavy atom. The summed E-state index contributed by atoms with van der Waals surface area (Å²) in [6, 6.07) is 12.1. The van der Waals surface area contributed by atoms with E-state index in [2.05, 4.69) is 31.1 Å². The molecule has 0 aromatic heterocycles. The van der Waals surface area contributed by atoms with Crippen molar-refractivity contribution in [2.24, 2.45) is 5.92 Å². The molecular weight excluding hydrogens is 434 g/mol. The Balaban J connectivity index is 1.88. The Labute approximate surface area is 201 Å². The van der Waals surface area contributed by atoms with Crippen LogP contribution in [0, 0.1) is 5.92 Å². The zero-order valence-electron chi connectivity index (χ0n) is 20.8. The van der Waals surface area contributed by atoms with Crippen LogP contribution in [0.5, 0.6) is 11.5 Å². The van der Waals surface area contributed by atoms with Gasteiger partial charge in [0.05, 0.1) is 18.8 Å². The molecule has 0 spiro atoms. The quantitative estimate of drug-likeness (QED) is 0.740. The molecule has 8 nitrogen and oxygen atoms in total. The number of carbonyl (C=O) groups is 2. The van der Waals surface area contributed by atoms with Crippen molar-refractivity contribution >= 4 is 17.5 Å². The van der Waals surface area contributed by atoms with Crippen LogP contribution in [0.2, 0.25) is 0 Å². The van der Waals surface area contributed by atoms with Gasteiger partial charge in [0.15, 0.2) is 0 Å². The lowest BCUT2D eigenvalue weighted by Gasteiger charge is -2.34. The maximum absolute atomic E-state index is 13.4. The SMILES string of the molecule is COc1ccc(C(=O)Nc2ccc3c(c2)C(=O)N(C)C[C@H](OC)[C@@H](C)CN(C)[C@H](C)CO3)cc1. The fourth-order valence-electron chi connectivity index (χ4n) is 3.98. The Bertz CT molecular complexity index is 994. The lowest BCUT2D eigenvalue weighted by Crippen LogP contribution is -2.45. The van der Waals surface area contributed by atoms with Crippen molar-refractivity contribution in [3.05, 3.63) is 53.6 Å². The summed E-state index contributed by atoms with van der Waals surface area (Å²) in [6.45, 7) is 5.93. The average Bonchev–Trinajstić information content (AvgIpc) is 2.84. The fraction of sp³-hybridized carbons (Fsp3) is 0.462. The zero-order valence-corrected chi connectivity index (χ0v) is 20.8.